The van der Waals surface area contributed by atoms with E-state index in [0.717, 1.165) is 16.1 Å². The average molecular weight is 226 g/mol. The molecule has 0 amide bonds. The van der Waals surface area contributed by atoms with E-state index in [1.165, 1.54) is 0 Å². The first-order valence-electron chi connectivity index (χ1n) is 5.23. The lowest BCUT2D eigenvalue weighted by molar-refractivity contribution is 1.09. The molecule has 0 spiro atoms. The molecule has 0 atom stereocenters. The van der Waals surface area contributed by atoms with Crippen LogP contribution in [0.3, 0.4) is 0 Å². The van der Waals surface area contributed by atoms with Crippen molar-refractivity contribution in [3.05, 3.63) is 54.6 Å². The molecule has 0 heterocycles. The SMILES string of the molecule is N=C(N)N(N)c1ccc(-c2ccccc2)cc1. The molecule has 0 aliphatic carbocycles. The number of nitrogens with zero attached hydrogens (tertiary/aromatic N) is 1. The zero-order chi connectivity index (χ0) is 12.3. The van der Waals surface area contributed by atoms with Crippen molar-refractivity contribution in [3.63, 3.8) is 0 Å². The molecule has 17 heavy (non-hydrogen) atoms. The second-order valence-electron chi connectivity index (χ2n) is 3.67. The van der Waals surface area contributed by atoms with Crippen molar-refractivity contribution in [2.45, 2.75) is 0 Å². The summed E-state index contributed by atoms with van der Waals surface area (Å²) >= 11 is 0. The second-order valence-corrected chi connectivity index (χ2v) is 3.67. The third-order valence-corrected chi connectivity index (χ3v) is 2.51. The van der Waals surface area contributed by atoms with Gasteiger partial charge < -0.3 is 5.73 Å². The Kier molecular flexibility index (Phi) is 3.07. The van der Waals surface area contributed by atoms with E-state index in [0.29, 0.717) is 5.69 Å². The number of hydrazine groups is 1. The predicted molar refractivity (Wildman–Crippen MR) is 70.5 cm³/mol. The van der Waals surface area contributed by atoms with Gasteiger partial charge in [0.2, 0.25) is 5.96 Å². The maximum atomic E-state index is 7.23. The Bertz CT molecular complexity index is 505. The fourth-order valence-corrected chi connectivity index (χ4v) is 1.58. The normalized spacial score (nSPS) is 9.94. The van der Waals surface area contributed by atoms with Crippen LogP contribution >= 0.6 is 0 Å². The Labute approximate surface area is 99.9 Å². The third kappa shape index (κ3) is 2.43. The number of nitrogens with two attached hydrogens (primary N) is 2. The fourth-order valence-electron chi connectivity index (χ4n) is 1.58. The molecular weight excluding hydrogens is 212 g/mol. The summed E-state index contributed by atoms with van der Waals surface area (Å²) in [5.74, 6) is 5.43. The first-order chi connectivity index (χ1) is 8.18. The van der Waals surface area contributed by atoms with Crippen LogP contribution in [0.15, 0.2) is 54.6 Å². The van der Waals surface area contributed by atoms with Crippen molar-refractivity contribution in [2.24, 2.45) is 11.6 Å². The molecule has 0 saturated heterocycles. The van der Waals surface area contributed by atoms with E-state index in [1.54, 1.807) is 0 Å². The molecule has 0 saturated carbocycles. The largest absolute Gasteiger partial charge is 0.369 e. The third-order valence-electron chi connectivity index (χ3n) is 2.51. The number of hydrogen-bond acceptors (Lipinski definition) is 2. The Balaban J connectivity index is 2.28. The summed E-state index contributed by atoms with van der Waals surface area (Å²) < 4.78 is 0. The van der Waals surface area contributed by atoms with Gasteiger partial charge in [-0.2, -0.15) is 0 Å². The smallest absolute Gasteiger partial charge is 0.207 e. The van der Waals surface area contributed by atoms with Crippen LogP contribution in [-0.4, -0.2) is 5.96 Å². The quantitative estimate of drug-likeness (QED) is 0.317. The molecule has 0 unspecified atom stereocenters. The maximum absolute atomic E-state index is 7.23. The Hall–Kier alpha value is -2.33. The molecule has 2 aromatic carbocycles. The number of guanidine groups is 1. The van der Waals surface area contributed by atoms with Crippen molar-refractivity contribution < 1.29 is 0 Å². The lowest BCUT2D eigenvalue weighted by Gasteiger charge is -2.16. The highest BCUT2D eigenvalue weighted by Gasteiger charge is 2.04. The zero-order valence-corrected chi connectivity index (χ0v) is 9.30. The minimum Gasteiger partial charge on any atom is -0.369 e. The van der Waals surface area contributed by atoms with Crippen molar-refractivity contribution in [1.82, 2.24) is 0 Å². The number of rotatable bonds is 2. The van der Waals surface area contributed by atoms with E-state index in [-0.39, 0.29) is 5.96 Å². The maximum Gasteiger partial charge on any atom is 0.207 e. The molecule has 0 fully saturated rings. The molecule has 0 aliphatic heterocycles. The van der Waals surface area contributed by atoms with Crippen LogP contribution in [0.25, 0.3) is 11.1 Å². The molecule has 2 rings (SSSR count). The van der Waals surface area contributed by atoms with Crippen LogP contribution in [0, 0.1) is 5.41 Å². The molecule has 5 N–H and O–H groups in total. The average Bonchev–Trinajstić information content (AvgIpc) is 2.39. The summed E-state index contributed by atoms with van der Waals surface area (Å²) in [7, 11) is 0. The Morgan fingerprint density at radius 3 is 1.94 bits per heavy atom. The highest BCUT2D eigenvalue weighted by Crippen LogP contribution is 2.21. The summed E-state index contributed by atoms with van der Waals surface area (Å²) in [4.78, 5) is 0. The van der Waals surface area contributed by atoms with Crippen molar-refractivity contribution >= 4 is 11.6 Å². The highest BCUT2D eigenvalue weighted by molar-refractivity contribution is 5.91. The van der Waals surface area contributed by atoms with Gasteiger partial charge in [-0.15, -0.1) is 0 Å². The van der Waals surface area contributed by atoms with Gasteiger partial charge in [-0.3, -0.25) is 5.41 Å². The summed E-state index contributed by atoms with van der Waals surface area (Å²) in [5.41, 5.74) is 8.24. The van der Waals surface area contributed by atoms with E-state index in [1.807, 2.05) is 54.6 Å². The zero-order valence-electron chi connectivity index (χ0n) is 9.30. The molecule has 86 valence electrons. The number of nitrogens with one attached hydrogen (secondary N) is 1. The van der Waals surface area contributed by atoms with Crippen LogP contribution in [0.4, 0.5) is 5.69 Å². The van der Waals surface area contributed by atoms with Gasteiger partial charge in [0.1, 0.15) is 0 Å². The van der Waals surface area contributed by atoms with E-state index in [2.05, 4.69) is 0 Å². The molecule has 2 aromatic rings. The lowest BCUT2D eigenvalue weighted by Crippen LogP contribution is -2.42. The minimum atomic E-state index is -0.183. The topological polar surface area (TPSA) is 79.1 Å². The Morgan fingerprint density at radius 1 is 0.882 bits per heavy atom. The van der Waals surface area contributed by atoms with Crippen LogP contribution in [-0.2, 0) is 0 Å². The van der Waals surface area contributed by atoms with E-state index >= 15 is 0 Å². The van der Waals surface area contributed by atoms with Gasteiger partial charge in [-0.05, 0) is 23.3 Å². The molecule has 0 aromatic heterocycles. The summed E-state index contributed by atoms with van der Waals surface area (Å²) in [6.07, 6.45) is 0. The predicted octanol–water partition coefficient (Wildman–Crippen LogP) is 1.93. The number of benzene rings is 2. The van der Waals surface area contributed by atoms with Crippen LogP contribution < -0.4 is 16.6 Å². The van der Waals surface area contributed by atoms with Gasteiger partial charge in [0.15, 0.2) is 0 Å². The molecule has 4 heteroatoms. The monoisotopic (exact) mass is 226 g/mol. The first kappa shape index (κ1) is 11.2. The highest BCUT2D eigenvalue weighted by atomic mass is 15.5. The van der Waals surface area contributed by atoms with Gasteiger partial charge in [0, 0.05) is 0 Å². The van der Waals surface area contributed by atoms with Crippen LogP contribution in [0.1, 0.15) is 0 Å². The second kappa shape index (κ2) is 4.67. The van der Waals surface area contributed by atoms with Crippen molar-refractivity contribution in [1.29, 1.82) is 5.41 Å². The van der Waals surface area contributed by atoms with E-state index in [9.17, 15) is 0 Å². The van der Waals surface area contributed by atoms with Crippen LogP contribution in [0.5, 0.6) is 0 Å². The van der Waals surface area contributed by atoms with Crippen LogP contribution in [0.2, 0.25) is 0 Å². The standard InChI is InChI=1S/C13H14N4/c14-13(15)17(16)12-8-6-11(7-9-12)10-4-2-1-3-5-10/h1-9H,16H2,(H3,14,15). The summed E-state index contributed by atoms with van der Waals surface area (Å²) in [6, 6.07) is 17.6. The first-order valence-corrected chi connectivity index (χ1v) is 5.23. The number of anilines is 1. The van der Waals surface area contributed by atoms with E-state index < -0.39 is 0 Å². The molecular formula is C13H14N4. The van der Waals surface area contributed by atoms with Gasteiger partial charge in [-0.25, -0.2) is 10.9 Å². The molecule has 0 bridgehead atoms. The fraction of sp³-hybridized carbons (Fsp3) is 0. The lowest BCUT2D eigenvalue weighted by atomic mass is 10.1. The van der Waals surface area contributed by atoms with Crippen molar-refractivity contribution in [2.75, 3.05) is 5.01 Å². The van der Waals surface area contributed by atoms with Gasteiger partial charge >= 0.3 is 0 Å². The molecule has 0 aliphatic rings. The summed E-state index contributed by atoms with van der Waals surface area (Å²) in [5, 5.41) is 8.37. The molecule has 4 nitrogen and oxygen atoms in total. The molecule has 0 radical (unpaired) electrons. The minimum absolute atomic E-state index is 0.183. The van der Waals surface area contributed by atoms with Gasteiger partial charge in [-0.1, -0.05) is 42.5 Å². The van der Waals surface area contributed by atoms with E-state index in [4.69, 9.17) is 17.0 Å². The van der Waals surface area contributed by atoms with Gasteiger partial charge in [0.25, 0.3) is 0 Å². The summed E-state index contributed by atoms with van der Waals surface area (Å²) in [6.45, 7) is 0. The van der Waals surface area contributed by atoms with Crippen molar-refractivity contribution in [3.8, 4) is 11.1 Å². The number of hydrogen-bond donors (Lipinski definition) is 3. The van der Waals surface area contributed by atoms with Gasteiger partial charge in [0.05, 0.1) is 5.69 Å². The Morgan fingerprint density at radius 2 is 1.41 bits per heavy atom.